The molecule has 1 atom stereocenters. The van der Waals surface area contributed by atoms with Gasteiger partial charge in [-0.05, 0) is 36.4 Å². The summed E-state index contributed by atoms with van der Waals surface area (Å²) in [6, 6.07) is 9.83. The SMILES string of the molecule is C=CCC(NC(O)=S)c1ccccc1.NC(O)=S.[NaH]. The van der Waals surface area contributed by atoms with Gasteiger partial charge in [0.2, 0.25) is 0 Å². The number of rotatable bonds is 4. The topological polar surface area (TPSA) is 78.5 Å². The molecule has 0 aromatic heterocycles. The molecule has 0 saturated heterocycles. The van der Waals surface area contributed by atoms with Crippen LogP contribution in [0.1, 0.15) is 18.0 Å². The number of aliphatic hydroxyl groups excluding tert-OH is 2. The van der Waals surface area contributed by atoms with Crippen LogP contribution in [-0.4, -0.2) is 50.1 Å². The van der Waals surface area contributed by atoms with Gasteiger partial charge in [-0.3, -0.25) is 0 Å². The van der Waals surface area contributed by atoms with Crippen molar-refractivity contribution in [3.05, 3.63) is 48.6 Å². The summed E-state index contributed by atoms with van der Waals surface area (Å²) in [4.78, 5) is 0. The molecule has 1 aromatic carbocycles. The van der Waals surface area contributed by atoms with Gasteiger partial charge < -0.3 is 21.3 Å². The number of nitrogens with one attached hydrogen (secondary N) is 1. The van der Waals surface area contributed by atoms with Crippen molar-refractivity contribution in [3.63, 3.8) is 0 Å². The fraction of sp³-hybridized carbons (Fsp3) is 0.167. The number of hydrogen-bond donors (Lipinski definition) is 4. The van der Waals surface area contributed by atoms with Crippen molar-refractivity contribution in [1.29, 1.82) is 0 Å². The Labute approximate surface area is 146 Å². The van der Waals surface area contributed by atoms with E-state index in [9.17, 15) is 0 Å². The monoisotopic (exact) mass is 308 g/mol. The Morgan fingerprint density at radius 2 is 1.79 bits per heavy atom. The predicted molar refractivity (Wildman–Crippen MR) is 88.9 cm³/mol. The molecule has 100 valence electrons. The van der Waals surface area contributed by atoms with Crippen LogP contribution < -0.4 is 11.1 Å². The minimum absolute atomic E-state index is 0. The molecule has 0 spiro atoms. The molecule has 5 N–H and O–H groups in total. The molecular formula is C12H17N2NaO2S2. The van der Waals surface area contributed by atoms with Crippen LogP contribution in [0.15, 0.2) is 43.0 Å². The third-order valence-electron chi connectivity index (χ3n) is 1.90. The summed E-state index contributed by atoms with van der Waals surface area (Å²) in [6.07, 6.45) is 2.52. The van der Waals surface area contributed by atoms with Crippen LogP contribution in [-0.2, 0) is 0 Å². The standard InChI is InChI=1S/C11H13NOS.CH3NOS.Na.H/c1-2-6-10(12-11(13)14)9-7-4-3-5-8-9;2-1(3)4;;/h2-5,7-8,10H,1,6H2,(H2,12,13,14);(H3,2,3,4);;. The van der Waals surface area contributed by atoms with E-state index in [1.165, 1.54) is 0 Å². The molecule has 0 heterocycles. The van der Waals surface area contributed by atoms with Crippen LogP contribution >= 0.6 is 24.4 Å². The summed E-state index contributed by atoms with van der Waals surface area (Å²) >= 11 is 8.47. The molecule has 0 amide bonds. The average Bonchev–Trinajstić information content (AvgIpc) is 2.28. The van der Waals surface area contributed by atoms with Gasteiger partial charge in [-0.25, -0.2) is 0 Å². The third-order valence-corrected chi connectivity index (χ3v) is 2.02. The van der Waals surface area contributed by atoms with Crippen LogP contribution in [0.4, 0.5) is 0 Å². The van der Waals surface area contributed by atoms with Crippen molar-refractivity contribution < 1.29 is 10.2 Å². The number of aliphatic hydroxyl groups is 2. The first-order chi connectivity index (χ1) is 8.47. The Balaban J connectivity index is 0. The minimum atomic E-state index is -0.500. The average molecular weight is 308 g/mol. The fourth-order valence-corrected chi connectivity index (χ4v) is 1.42. The third kappa shape index (κ3) is 12.1. The number of benzene rings is 1. The van der Waals surface area contributed by atoms with E-state index in [-0.39, 0.29) is 40.8 Å². The molecule has 1 unspecified atom stereocenters. The summed E-state index contributed by atoms with van der Waals surface area (Å²) in [5.74, 6) is 0. The van der Waals surface area contributed by atoms with E-state index >= 15 is 0 Å². The zero-order valence-electron chi connectivity index (χ0n) is 9.74. The van der Waals surface area contributed by atoms with Gasteiger partial charge in [0.05, 0.1) is 6.04 Å². The first-order valence-corrected chi connectivity index (χ1v) is 5.92. The molecule has 0 aliphatic heterocycles. The molecular weight excluding hydrogens is 291 g/mol. The van der Waals surface area contributed by atoms with Crippen molar-refractivity contribution in [3.8, 4) is 0 Å². The Morgan fingerprint density at radius 1 is 1.32 bits per heavy atom. The number of hydrogen-bond acceptors (Lipinski definition) is 2. The second-order valence-electron chi connectivity index (χ2n) is 3.28. The fourth-order valence-electron chi connectivity index (χ4n) is 1.28. The van der Waals surface area contributed by atoms with Crippen LogP contribution in [0.25, 0.3) is 0 Å². The Hall–Kier alpha value is -0.660. The second kappa shape index (κ2) is 12.4. The van der Waals surface area contributed by atoms with Crippen molar-refractivity contribution >= 4 is 64.3 Å². The zero-order chi connectivity index (χ0) is 14.0. The van der Waals surface area contributed by atoms with Crippen molar-refractivity contribution in [1.82, 2.24) is 5.32 Å². The zero-order valence-corrected chi connectivity index (χ0v) is 11.4. The first-order valence-electron chi connectivity index (χ1n) is 5.11. The van der Waals surface area contributed by atoms with Gasteiger partial charge in [-0.1, -0.05) is 36.4 Å². The number of thiocarbonyl (C=S) groups is 2. The van der Waals surface area contributed by atoms with Crippen molar-refractivity contribution in [2.45, 2.75) is 12.5 Å². The first kappa shape index (κ1) is 20.7. The van der Waals surface area contributed by atoms with Crippen molar-refractivity contribution in [2.75, 3.05) is 0 Å². The molecule has 0 aliphatic carbocycles. The van der Waals surface area contributed by atoms with E-state index in [1.54, 1.807) is 6.08 Å². The van der Waals surface area contributed by atoms with Gasteiger partial charge >= 0.3 is 29.6 Å². The normalized spacial score (nSPS) is 9.89. The van der Waals surface area contributed by atoms with Gasteiger partial charge in [0.15, 0.2) is 0 Å². The summed E-state index contributed by atoms with van der Waals surface area (Å²) in [6.45, 7) is 3.67. The van der Waals surface area contributed by atoms with E-state index in [1.807, 2.05) is 30.3 Å². The van der Waals surface area contributed by atoms with Crippen LogP contribution in [0.3, 0.4) is 0 Å². The van der Waals surface area contributed by atoms with Crippen LogP contribution in [0.2, 0.25) is 0 Å². The van der Waals surface area contributed by atoms with Gasteiger partial charge in [-0.2, -0.15) is 0 Å². The molecule has 19 heavy (non-hydrogen) atoms. The molecule has 0 saturated carbocycles. The number of nitrogens with two attached hydrogens (primary N) is 1. The van der Waals surface area contributed by atoms with Gasteiger partial charge in [-0.15, -0.1) is 6.58 Å². The summed E-state index contributed by atoms with van der Waals surface area (Å²) in [7, 11) is 0. The van der Waals surface area contributed by atoms with Crippen molar-refractivity contribution in [2.24, 2.45) is 5.73 Å². The van der Waals surface area contributed by atoms with Crippen LogP contribution in [0, 0.1) is 0 Å². The van der Waals surface area contributed by atoms with Crippen LogP contribution in [0.5, 0.6) is 0 Å². The Kier molecular flexibility index (Phi) is 13.5. The summed E-state index contributed by atoms with van der Waals surface area (Å²) in [5.41, 5.74) is 5.48. The predicted octanol–water partition coefficient (Wildman–Crippen LogP) is 1.88. The van der Waals surface area contributed by atoms with Gasteiger partial charge in [0, 0.05) is 0 Å². The second-order valence-corrected chi connectivity index (χ2v) is 4.08. The maximum atomic E-state index is 9.00. The van der Waals surface area contributed by atoms with Gasteiger partial charge in [0.1, 0.15) is 0 Å². The van der Waals surface area contributed by atoms with E-state index in [4.69, 9.17) is 10.2 Å². The summed E-state index contributed by atoms with van der Waals surface area (Å²) < 4.78 is 0. The van der Waals surface area contributed by atoms with Gasteiger partial charge in [0.25, 0.3) is 10.3 Å². The van der Waals surface area contributed by atoms with E-state index in [0.29, 0.717) is 0 Å². The molecule has 0 fully saturated rings. The Bertz CT molecular complexity index is 398. The quantitative estimate of drug-likeness (QED) is 0.386. The van der Waals surface area contributed by atoms with E-state index < -0.39 is 5.17 Å². The molecule has 0 radical (unpaired) electrons. The maximum absolute atomic E-state index is 9.00. The molecule has 4 nitrogen and oxygen atoms in total. The molecule has 0 aliphatic rings. The summed E-state index contributed by atoms with van der Waals surface area (Å²) in [5, 5.41) is 18.7. The molecule has 1 rings (SSSR count). The van der Waals surface area contributed by atoms with E-state index in [0.717, 1.165) is 12.0 Å². The molecule has 7 heteroatoms. The van der Waals surface area contributed by atoms with E-state index in [2.05, 4.69) is 42.1 Å². The Morgan fingerprint density at radius 3 is 2.16 bits per heavy atom. The molecule has 1 aromatic rings. The molecule has 0 bridgehead atoms.